The minimum Gasteiger partial charge on any atom is -0.462 e. The number of hydrogen-bond donors (Lipinski definition) is 6. The number of nitrogens with two attached hydrogens (primary N) is 1. The van der Waals surface area contributed by atoms with E-state index in [1.54, 1.807) is 24.3 Å². The Balaban J connectivity index is 2.00. The van der Waals surface area contributed by atoms with Gasteiger partial charge in [-0.2, -0.15) is 5.10 Å². The molecule has 10 nitrogen and oxygen atoms in total. The number of hydrazone groups is 1. The molecule has 1 aliphatic heterocycles. The van der Waals surface area contributed by atoms with E-state index in [-0.39, 0.29) is 0 Å². The summed E-state index contributed by atoms with van der Waals surface area (Å²) in [6, 6.07) is 5.55. The quantitative estimate of drug-likeness (QED) is 0.263. The van der Waals surface area contributed by atoms with Crippen LogP contribution in [0, 0.1) is 0 Å². The molecule has 1 saturated heterocycles. The number of urea groups is 1. The summed E-state index contributed by atoms with van der Waals surface area (Å²) in [5.74, 6) is 0.319. The Morgan fingerprint density at radius 2 is 1.92 bits per heavy atom. The van der Waals surface area contributed by atoms with Crippen LogP contribution in [0.15, 0.2) is 29.4 Å². The van der Waals surface area contributed by atoms with Crippen molar-refractivity contribution in [3.63, 3.8) is 0 Å². The van der Waals surface area contributed by atoms with Gasteiger partial charge in [-0.1, -0.05) is 0 Å². The molecule has 1 fully saturated rings. The lowest BCUT2D eigenvalue weighted by Gasteiger charge is -2.39. The molecular weight excluding hydrogens is 322 g/mol. The molecule has 1 aliphatic rings. The molecule has 0 aromatic heterocycles. The van der Waals surface area contributed by atoms with Crippen molar-refractivity contribution in [1.29, 1.82) is 0 Å². The van der Waals surface area contributed by atoms with Crippen LogP contribution >= 0.6 is 0 Å². The molecule has 7 N–H and O–H groups in total. The zero-order chi connectivity index (χ0) is 17.7. The molecule has 132 valence electrons. The lowest BCUT2D eigenvalue weighted by Crippen LogP contribution is -2.60. The molecule has 1 heterocycles. The van der Waals surface area contributed by atoms with E-state index in [9.17, 15) is 20.1 Å². The summed E-state index contributed by atoms with van der Waals surface area (Å²) in [6.45, 7) is -0.535. The van der Waals surface area contributed by atoms with Crippen molar-refractivity contribution < 1.29 is 34.7 Å². The van der Waals surface area contributed by atoms with Gasteiger partial charge < -0.3 is 35.6 Å². The van der Waals surface area contributed by atoms with Gasteiger partial charge in [0.15, 0.2) is 0 Å². The second-order valence-electron chi connectivity index (χ2n) is 5.12. The molecule has 0 radical (unpaired) electrons. The van der Waals surface area contributed by atoms with Crippen LogP contribution < -0.4 is 15.9 Å². The zero-order valence-corrected chi connectivity index (χ0v) is 12.5. The number of amides is 2. The fraction of sp³-hybridized carbons (Fsp3) is 0.429. The first kappa shape index (κ1) is 18.1. The third-order valence-corrected chi connectivity index (χ3v) is 3.37. The molecule has 0 aliphatic carbocycles. The van der Waals surface area contributed by atoms with Crippen molar-refractivity contribution in [3.05, 3.63) is 29.8 Å². The number of nitrogens with one attached hydrogen (secondary N) is 1. The summed E-state index contributed by atoms with van der Waals surface area (Å²) in [5, 5.41) is 42.0. The van der Waals surface area contributed by atoms with Crippen molar-refractivity contribution >= 4 is 12.2 Å². The number of benzene rings is 1. The van der Waals surface area contributed by atoms with E-state index in [1.165, 1.54) is 6.21 Å². The number of hydrogen-bond acceptors (Lipinski definition) is 8. The topological polar surface area (TPSA) is 167 Å². The van der Waals surface area contributed by atoms with Gasteiger partial charge in [-0.25, -0.2) is 10.2 Å². The number of nitrogens with zero attached hydrogens (tertiary/aromatic N) is 1. The van der Waals surface area contributed by atoms with Crippen molar-refractivity contribution in [1.82, 2.24) is 5.43 Å². The highest BCUT2D eigenvalue weighted by atomic mass is 16.7. The standard InChI is InChI=1S/C14H19N3O7/c15-14(22)17-16-5-7-1-3-8(4-2-7)23-13-12(21)11(20)10(19)9(6-18)24-13/h1-5,9-13,18-21H,6H2,(H3,15,17,22)/b16-5+/t9-,10-,11+,12-,13-/m1/s1. The Hall–Kier alpha value is -2.24. The lowest BCUT2D eigenvalue weighted by molar-refractivity contribution is -0.277. The maximum Gasteiger partial charge on any atom is 0.332 e. The van der Waals surface area contributed by atoms with Crippen LogP contribution in [-0.2, 0) is 4.74 Å². The third kappa shape index (κ3) is 4.40. The van der Waals surface area contributed by atoms with E-state index in [0.29, 0.717) is 11.3 Å². The average Bonchev–Trinajstić information content (AvgIpc) is 2.56. The molecule has 24 heavy (non-hydrogen) atoms. The van der Waals surface area contributed by atoms with E-state index < -0.39 is 43.3 Å². The molecule has 0 bridgehead atoms. The molecule has 0 unspecified atom stereocenters. The summed E-state index contributed by atoms with van der Waals surface area (Å²) in [4.78, 5) is 10.5. The van der Waals surface area contributed by atoms with Gasteiger partial charge in [0.2, 0.25) is 6.29 Å². The summed E-state index contributed by atoms with van der Waals surface area (Å²) < 4.78 is 10.7. The van der Waals surface area contributed by atoms with Gasteiger partial charge in [-0.3, -0.25) is 0 Å². The maximum atomic E-state index is 10.5. The van der Waals surface area contributed by atoms with Gasteiger partial charge in [-0.15, -0.1) is 0 Å². The van der Waals surface area contributed by atoms with Crippen molar-refractivity contribution in [2.24, 2.45) is 10.8 Å². The van der Waals surface area contributed by atoms with Crippen LogP contribution in [0.25, 0.3) is 0 Å². The van der Waals surface area contributed by atoms with Crippen LogP contribution in [-0.4, -0.2) is 70.0 Å². The molecule has 1 aromatic rings. The first-order valence-corrected chi connectivity index (χ1v) is 7.08. The first-order valence-electron chi connectivity index (χ1n) is 7.08. The highest BCUT2D eigenvalue weighted by molar-refractivity contribution is 5.81. The molecule has 10 heteroatoms. The molecule has 0 saturated carbocycles. The normalized spacial score (nSPS) is 30.2. The predicted octanol–water partition coefficient (Wildman–Crippen LogP) is -2.13. The minimum absolute atomic E-state index is 0.319. The van der Waals surface area contributed by atoms with E-state index >= 15 is 0 Å². The van der Waals surface area contributed by atoms with Crippen LogP contribution in [0.5, 0.6) is 5.75 Å². The maximum absolute atomic E-state index is 10.5. The largest absolute Gasteiger partial charge is 0.462 e. The van der Waals surface area contributed by atoms with Crippen molar-refractivity contribution in [3.8, 4) is 5.75 Å². The highest BCUT2D eigenvalue weighted by Gasteiger charge is 2.44. The minimum atomic E-state index is -1.51. The first-order chi connectivity index (χ1) is 11.4. The summed E-state index contributed by atoms with van der Waals surface area (Å²) >= 11 is 0. The van der Waals surface area contributed by atoms with Gasteiger partial charge in [0.25, 0.3) is 0 Å². The van der Waals surface area contributed by atoms with E-state index in [4.69, 9.17) is 20.3 Å². The summed E-state index contributed by atoms with van der Waals surface area (Å²) in [5.41, 5.74) is 7.56. The number of aliphatic hydroxyl groups is 4. The molecule has 2 rings (SSSR count). The number of carbonyl (C=O) groups excluding carboxylic acids is 1. The van der Waals surface area contributed by atoms with Crippen LogP contribution in [0.3, 0.4) is 0 Å². The summed E-state index contributed by atoms with van der Waals surface area (Å²) in [7, 11) is 0. The number of primary amides is 1. The molecule has 2 amide bonds. The van der Waals surface area contributed by atoms with Gasteiger partial charge in [0.1, 0.15) is 30.2 Å². The molecular formula is C14H19N3O7. The SMILES string of the molecule is NC(=O)N/N=C/c1ccc(O[C@@H]2O[C@H](CO)[C@@H](O)[C@H](O)[C@H]2O)cc1. The third-order valence-electron chi connectivity index (χ3n) is 3.37. The van der Waals surface area contributed by atoms with Gasteiger partial charge in [0, 0.05) is 0 Å². The van der Waals surface area contributed by atoms with Gasteiger partial charge in [-0.05, 0) is 29.8 Å². The number of ether oxygens (including phenoxy) is 2. The Morgan fingerprint density at radius 3 is 2.50 bits per heavy atom. The Labute approximate surface area is 137 Å². The number of aliphatic hydroxyl groups excluding tert-OH is 4. The number of carbonyl (C=O) groups is 1. The lowest BCUT2D eigenvalue weighted by atomic mass is 9.99. The van der Waals surface area contributed by atoms with Crippen molar-refractivity contribution in [2.75, 3.05) is 6.61 Å². The van der Waals surface area contributed by atoms with Crippen molar-refractivity contribution in [2.45, 2.75) is 30.7 Å². The highest BCUT2D eigenvalue weighted by Crippen LogP contribution is 2.24. The van der Waals surface area contributed by atoms with Crippen LogP contribution in [0.4, 0.5) is 4.79 Å². The molecule has 5 atom stereocenters. The Morgan fingerprint density at radius 1 is 1.25 bits per heavy atom. The second kappa shape index (κ2) is 8.04. The summed E-state index contributed by atoms with van der Waals surface area (Å²) in [6.07, 6.45) is -5.36. The van der Waals surface area contributed by atoms with Crippen LogP contribution in [0.1, 0.15) is 5.56 Å². The fourth-order valence-electron chi connectivity index (χ4n) is 2.10. The molecule has 0 spiro atoms. The second-order valence-corrected chi connectivity index (χ2v) is 5.12. The van der Waals surface area contributed by atoms with Gasteiger partial charge in [0.05, 0.1) is 12.8 Å². The van der Waals surface area contributed by atoms with E-state index in [1.807, 2.05) is 5.43 Å². The predicted molar refractivity (Wildman–Crippen MR) is 81.2 cm³/mol. The fourth-order valence-corrected chi connectivity index (χ4v) is 2.10. The Bertz CT molecular complexity index is 578. The van der Waals surface area contributed by atoms with Crippen LogP contribution in [0.2, 0.25) is 0 Å². The number of rotatable bonds is 5. The van der Waals surface area contributed by atoms with Gasteiger partial charge >= 0.3 is 6.03 Å². The van der Waals surface area contributed by atoms with E-state index in [2.05, 4.69) is 5.10 Å². The average molecular weight is 341 g/mol. The smallest absolute Gasteiger partial charge is 0.332 e. The molecule has 1 aromatic carbocycles. The monoisotopic (exact) mass is 341 g/mol. The zero-order valence-electron chi connectivity index (χ0n) is 12.5. The Kier molecular flexibility index (Phi) is 6.06. The van der Waals surface area contributed by atoms with E-state index in [0.717, 1.165) is 0 Å².